The van der Waals surface area contributed by atoms with Crippen molar-refractivity contribution in [1.82, 2.24) is 5.32 Å². The molecule has 0 bridgehead atoms. The molecule has 0 radical (unpaired) electrons. The molecule has 18 heavy (non-hydrogen) atoms. The first-order valence-electron chi connectivity index (χ1n) is 5.50. The quantitative estimate of drug-likeness (QED) is 0.823. The van der Waals surface area contributed by atoms with Crippen molar-refractivity contribution in [2.24, 2.45) is 0 Å². The van der Waals surface area contributed by atoms with Gasteiger partial charge in [0.05, 0.1) is 13.0 Å². The molecule has 0 aliphatic carbocycles. The van der Waals surface area contributed by atoms with Crippen LogP contribution in [0, 0.1) is 5.82 Å². The fourth-order valence-corrected chi connectivity index (χ4v) is 1.39. The molecule has 0 fully saturated rings. The zero-order valence-electron chi connectivity index (χ0n) is 10.1. The van der Waals surface area contributed by atoms with E-state index >= 15 is 0 Å². The van der Waals surface area contributed by atoms with Crippen molar-refractivity contribution in [2.45, 2.75) is 25.6 Å². The Morgan fingerprint density at radius 2 is 2.00 bits per heavy atom. The molecule has 102 valence electrons. The lowest BCUT2D eigenvalue weighted by atomic mass is 10.1. The van der Waals surface area contributed by atoms with Crippen LogP contribution in [0.3, 0.4) is 0 Å². The summed E-state index contributed by atoms with van der Waals surface area (Å²) in [4.78, 5) is 0. The zero-order chi connectivity index (χ0) is 13.8. The van der Waals surface area contributed by atoms with E-state index in [0.29, 0.717) is 5.56 Å². The fourth-order valence-electron chi connectivity index (χ4n) is 1.39. The molecule has 1 aromatic rings. The summed E-state index contributed by atoms with van der Waals surface area (Å²) in [5, 5.41) is 2.87. The molecule has 0 heterocycles. The van der Waals surface area contributed by atoms with E-state index in [-0.39, 0.29) is 11.8 Å². The van der Waals surface area contributed by atoms with Gasteiger partial charge >= 0.3 is 6.18 Å². The summed E-state index contributed by atoms with van der Waals surface area (Å²) in [5.74, 6) is -0.398. The molecule has 1 aromatic carbocycles. The van der Waals surface area contributed by atoms with Crippen LogP contribution in [0.4, 0.5) is 17.6 Å². The molecule has 1 unspecified atom stereocenters. The van der Waals surface area contributed by atoms with E-state index in [2.05, 4.69) is 5.32 Å². The van der Waals surface area contributed by atoms with Crippen molar-refractivity contribution in [3.63, 3.8) is 0 Å². The van der Waals surface area contributed by atoms with Crippen LogP contribution in [0.1, 0.15) is 24.9 Å². The summed E-state index contributed by atoms with van der Waals surface area (Å²) in [5.41, 5.74) is 0.445. The van der Waals surface area contributed by atoms with Gasteiger partial charge in [0.1, 0.15) is 11.6 Å². The third kappa shape index (κ3) is 4.52. The lowest BCUT2D eigenvalue weighted by Crippen LogP contribution is -2.15. The van der Waals surface area contributed by atoms with Crippen LogP contribution in [0.15, 0.2) is 18.2 Å². The lowest BCUT2D eigenvalue weighted by Gasteiger charge is -2.13. The van der Waals surface area contributed by atoms with Gasteiger partial charge in [0.2, 0.25) is 0 Å². The van der Waals surface area contributed by atoms with Gasteiger partial charge < -0.3 is 10.1 Å². The highest BCUT2D eigenvalue weighted by atomic mass is 19.4. The highest BCUT2D eigenvalue weighted by molar-refractivity contribution is 5.30. The molecule has 0 spiro atoms. The normalized spacial score (nSPS) is 13.4. The number of hydrogen-bond acceptors (Lipinski definition) is 2. The van der Waals surface area contributed by atoms with Crippen LogP contribution in [-0.2, 0) is 0 Å². The largest absolute Gasteiger partial charge is 0.493 e. The standard InChI is InChI=1S/C12H15F4NO/c1-8(17-2)10-4-3-9(7-11(10)13)18-6-5-12(14,15)16/h3-4,7-8,17H,5-6H2,1-2H3. The minimum atomic E-state index is -4.26. The van der Waals surface area contributed by atoms with E-state index in [9.17, 15) is 17.6 Å². The topological polar surface area (TPSA) is 21.3 Å². The van der Waals surface area contributed by atoms with Gasteiger partial charge in [-0.2, -0.15) is 13.2 Å². The van der Waals surface area contributed by atoms with Gasteiger partial charge in [-0.1, -0.05) is 6.07 Å². The molecule has 0 aliphatic heterocycles. The molecule has 1 N–H and O–H groups in total. The van der Waals surface area contributed by atoms with Gasteiger partial charge in [-0.15, -0.1) is 0 Å². The number of nitrogens with one attached hydrogen (secondary N) is 1. The maximum Gasteiger partial charge on any atom is 0.392 e. The number of benzene rings is 1. The lowest BCUT2D eigenvalue weighted by molar-refractivity contribution is -0.139. The maximum absolute atomic E-state index is 13.6. The summed E-state index contributed by atoms with van der Waals surface area (Å²) in [7, 11) is 1.69. The second kappa shape index (κ2) is 6.04. The van der Waals surface area contributed by atoms with E-state index in [1.165, 1.54) is 12.1 Å². The number of ether oxygens (including phenoxy) is 1. The van der Waals surface area contributed by atoms with Gasteiger partial charge in [-0.05, 0) is 20.0 Å². The Hall–Kier alpha value is -1.30. The van der Waals surface area contributed by atoms with Crippen molar-refractivity contribution in [3.05, 3.63) is 29.6 Å². The van der Waals surface area contributed by atoms with Crippen LogP contribution in [-0.4, -0.2) is 19.8 Å². The molecule has 0 aliphatic rings. The van der Waals surface area contributed by atoms with Gasteiger partial charge in [-0.25, -0.2) is 4.39 Å². The predicted octanol–water partition coefficient (Wildman–Crippen LogP) is 3.44. The van der Waals surface area contributed by atoms with Crippen LogP contribution < -0.4 is 10.1 Å². The number of hydrogen-bond donors (Lipinski definition) is 1. The number of halogens is 4. The molecule has 1 rings (SSSR count). The minimum absolute atomic E-state index is 0.101. The van der Waals surface area contributed by atoms with Crippen molar-refractivity contribution in [1.29, 1.82) is 0 Å². The van der Waals surface area contributed by atoms with E-state index in [4.69, 9.17) is 4.74 Å². The maximum atomic E-state index is 13.6. The average molecular weight is 265 g/mol. The molecular formula is C12H15F4NO. The van der Waals surface area contributed by atoms with Crippen molar-refractivity contribution < 1.29 is 22.3 Å². The van der Waals surface area contributed by atoms with Gasteiger partial charge in [0.15, 0.2) is 0 Å². The molecule has 6 heteroatoms. The Morgan fingerprint density at radius 1 is 1.33 bits per heavy atom. The van der Waals surface area contributed by atoms with E-state index in [0.717, 1.165) is 6.07 Å². The number of alkyl halides is 3. The molecule has 0 amide bonds. The van der Waals surface area contributed by atoms with Crippen LogP contribution in [0.25, 0.3) is 0 Å². The summed E-state index contributed by atoms with van der Waals surface area (Å²) in [6.45, 7) is 1.27. The average Bonchev–Trinajstić information content (AvgIpc) is 2.26. The minimum Gasteiger partial charge on any atom is -0.493 e. The second-order valence-corrected chi connectivity index (χ2v) is 3.91. The first-order chi connectivity index (χ1) is 8.33. The summed E-state index contributed by atoms with van der Waals surface area (Å²) >= 11 is 0. The third-order valence-electron chi connectivity index (χ3n) is 2.53. The summed E-state index contributed by atoms with van der Waals surface area (Å²) in [6.07, 6.45) is -5.32. The Balaban J connectivity index is 2.62. The molecule has 0 aromatic heterocycles. The highest BCUT2D eigenvalue weighted by Gasteiger charge is 2.26. The smallest absolute Gasteiger partial charge is 0.392 e. The van der Waals surface area contributed by atoms with Gasteiger partial charge in [0.25, 0.3) is 0 Å². The molecule has 0 saturated heterocycles. The van der Waals surface area contributed by atoms with E-state index in [1.54, 1.807) is 14.0 Å². The molecule has 0 saturated carbocycles. The Kier molecular flexibility index (Phi) is 4.95. The second-order valence-electron chi connectivity index (χ2n) is 3.91. The third-order valence-corrected chi connectivity index (χ3v) is 2.53. The Bertz CT molecular complexity index is 392. The van der Waals surface area contributed by atoms with Crippen molar-refractivity contribution in [3.8, 4) is 5.75 Å². The first kappa shape index (κ1) is 14.8. The summed E-state index contributed by atoms with van der Waals surface area (Å²) < 4.78 is 54.1. The highest BCUT2D eigenvalue weighted by Crippen LogP contribution is 2.23. The molecule has 1 atom stereocenters. The zero-order valence-corrected chi connectivity index (χ0v) is 10.1. The Labute approximate surface area is 103 Å². The summed E-state index contributed by atoms with van der Waals surface area (Å²) in [6, 6.07) is 3.89. The molecule has 2 nitrogen and oxygen atoms in total. The van der Waals surface area contributed by atoms with E-state index < -0.39 is 25.0 Å². The number of rotatable bonds is 5. The Morgan fingerprint density at radius 3 is 2.50 bits per heavy atom. The van der Waals surface area contributed by atoms with Gasteiger partial charge in [0, 0.05) is 17.7 Å². The van der Waals surface area contributed by atoms with Gasteiger partial charge in [-0.3, -0.25) is 0 Å². The molecular weight excluding hydrogens is 250 g/mol. The van der Waals surface area contributed by atoms with E-state index in [1.807, 2.05) is 0 Å². The van der Waals surface area contributed by atoms with Crippen LogP contribution in [0.5, 0.6) is 5.75 Å². The first-order valence-corrected chi connectivity index (χ1v) is 5.50. The van der Waals surface area contributed by atoms with Crippen LogP contribution in [0.2, 0.25) is 0 Å². The van der Waals surface area contributed by atoms with Crippen molar-refractivity contribution in [2.75, 3.05) is 13.7 Å². The monoisotopic (exact) mass is 265 g/mol. The van der Waals surface area contributed by atoms with Crippen molar-refractivity contribution >= 4 is 0 Å². The SMILES string of the molecule is CNC(C)c1ccc(OCCC(F)(F)F)cc1F. The predicted molar refractivity (Wildman–Crippen MR) is 60.0 cm³/mol. The fraction of sp³-hybridized carbons (Fsp3) is 0.500. The van der Waals surface area contributed by atoms with Crippen LogP contribution >= 0.6 is 0 Å².